The van der Waals surface area contributed by atoms with Crippen molar-refractivity contribution in [3.63, 3.8) is 0 Å². The highest BCUT2D eigenvalue weighted by molar-refractivity contribution is 6.08. The maximum absolute atomic E-state index is 10.7. The lowest BCUT2D eigenvalue weighted by Crippen LogP contribution is -2.06. The summed E-state index contributed by atoms with van der Waals surface area (Å²) >= 11 is 0. The topological polar surface area (TPSA) is 92.8 Å². The number of aliphatic imine (C=N–C) groups is 1. The van der Waals surface area contributed by atoms with Crippen LogP contribution in [0.4, 0.5) is 0 Å². The van der Waals surface area contributed by atoms with Gasteiger partial charge in [-0.25, -0.2) is 0 Å². The highest BCUT2D eigenvalue weighted by atomic mass is 16.9. The molecule has 13 heavy (non-hydrogen) atoms. The van der Waals surface area contributed by atoms with Crippen molar-refractivity contribution in [1.82, 2.24) is 0 Å². The molecule has 0 aliphatic carbocycles. The molecule has 0 bridgehead atoms. The van der Waals surface area contributed by atoms with Gasteiger partial charge in [0.2, 0.25) is 0 Å². The van der Waals surface area contributed by atoms with Crippen molar-refractivity contribution in [2.24, 2.45) is 4.99 Å². The van der Waals surface area contributed by atoms with Crippen LogP contribution in [0.2, 0.25) is 0 Å². The highest BCUT2D eigenvalue weighted by Crippen LogP contribution is 2.05. The van der Waals surface area contributed by atoms with Crippen LogP contribution in [-0.2, 0) is 4.79 Å². The van der Waals surface area contributed by atoms with Gasteiger partial charge in [0.15, 0.2) is 5.78 Å². The average Bonchev–Trinajstić information content (AvgIpc) is 1.80. The predicted octanol–water partition coefficient (Wildman–Crippen LogP) is 0.976. The molecule has 0 saturated heterocycles. The fourth-order valence-corrected chi connectivity index (χ4v) is 0.909. The molecule has 0 fully saturated rings. The summed E-state index contributed by atoms with van der Waals surface area (Å²) in [5.74, 6) is 0.167. The van der Waals surface area contributed by atoms with Crippen LogP contribution in [0.5, 0.6) is 0 Å². The van der Waals surface area contributed by atoms with E-state index in [9.17, 15) is 4.79 Å². The van der Waals surface area contributed by atoms with Crippen molar-refractivity contribution < 1.29 is 15.1 Å². The van der Waals surface area contributed by atoms with Gasteiger partial charge in [-0.2, -0.15) is 0 Å². The summed E-state index contributed by atoms with van der Waals surface area (Å²) < 4.78 is 0. The van der Waals surface area contributed by atoms with E-state index in [0.717, 1.165) is 11.4 Å². The van der Waals surface area contributed by atoms with Crippen LogP contribution in [0.25, 0.3) is 0 Å². The van der Waals surface area contributed by atoms with Gasteiger partial charge >= 0.3 is 0 Å². The van der Waals surface area contributed by atoms with Crippen molar-refractivity contribution in [2.45, 2.75) is 20.3 Å². The number of ketones is 1. The van der Waals surface area contributed by atoms with E-state index < -0.39 is 5.09 Å². The molecule has 1 heterocycles. The predicted molar refractivity (Wildman–Crippen MR) is 45.3 cm³/mol. The van der Waals surface area contributed by atoms with Crippen molar-refractivity contribution in [1.29, 1.82) is 0 Å². The summed E-state index contributed by atoms with van der Waals surface area (Å²) in [5.41, 5.74) is 1.74. The first kappa shape index (κ1) is 11.3. The second kappa shape index (κ2) is 5.02. The Kier molecular flexibility index (Phi) is 4.36. The zero-order chi connectivity index (χ0) is 10.4. The maximum Gasteiger partial charge on any atom is 0.291 e. The first-order chi connectivity index (χ1) is 5.91. The Morgan fingerprint density at radius 2 is 2.08 bits per heavy atom. The third kappa shape index (κ3) is 6.67. The van der Waals surface area contributed by atoms with Crippen molar-refractivity contribution in [3.8, 4) is 0 Å². The molecule has 0 spiro atoms. The number of rotatable bonds is 0. The molecule has 0 unspecified atom stereocenters. The molecule has 6 nitrogen and oxygen atoms in total. The van der Waals surface area contributed by atoms with E-state index in [4.69, 9.17) is 15.3 Å². The lowest BCUT2D eigenvalue weighted by atomic mass is 10.1. The van der Waals surface area contributed by atoms with E-state index in [1.807, 2.05) is 13.8 Å². The molecule has 72 valence electrons. The summed E-state index contributed by atoms with van der Waals surface area (Å²) in [4.78, 5) is 23.2. The Bertz CT molecular complexity index is 276. The van der Waals surface area contributed by atoms with Gasteiger partial charge in [0.25, 0.3) is 5.09 Å². The Morgan fingerprint density at radius 1 is 1.62 bits per heavy atom. The quantitative estimate of drug-likeness (QED) is 0.450. The largest absolute Gasteiger partial charge is 0.328 e. The molecule has 0 atom stereocenters. The van der Waals surface area contributed by atoms with Crippen LogP contribution in [0, 0.1) is 10.1 Å². The molecule has 6 heteroatoms. The number of hydrogen-bond acceptors (Lipinski definition) is 4. The van der Waals surface area contributed by atoms with E-state index in [2.05, 4.69) is 4.99 Å². The zero-order valence-corrected chi connectivity index (χ0v) is 7.35. The van der Waals surface area contributed by atoms with Crippen molar-refractivity contribution in [3.05, 3.63) is 21.9 Å². The van der Waals surface area contributed by atoms with Crippen LogP contribution < -0.4 is 0 Å². The monoisotopic (exact) mass is 186 g/mol. The second-order valence-corrected chi connectivity index (χ2v) is 2.51. The van der Waals surface area contributed by atoms with Gasteiger partial charge in [-0.3, -0.25) is 9.79 Å². The van der Waals surface area contributed by atoms with Crippen LogP contribution in [0.1, 0.15) is 20.3 Å². The summed E-state index contributed by atoms with van der Waals surface area (Å²) in [6, 6.07) is 0. The Morgan fingerprint density at radius 3 is 2.38 bits per heavy atom. The summed E-state index contributed by atoms with van der Waals surface area (Å²) in [6.07, 6.45) is 2.07. The highest BCUT2D eigenvalue weighted by Gasteiger charge is 2.05. The Balaban J connectivity index is 0.000000310. The lowest BCUT2D eigenvalue weighted by Gasteiger charge is -2.03. The van der Waals surface area contributed by atoms with Crippen LogP contribution in [-0.4, -0.2) is 21.8 Å². The maximum atomic E-state index is 10.7. The number of carbonyl (C=O) groups excluding carboxylic acids is 1. The van der Waals surface area contributed by atoms with E-state index in [1.54, 1.807) is 6.08 Å². The molecule has 1 N–H and O–H groups in total. The molecular formula is C7H10N2O4. The molecule has 0 aromatic heterocycles. The standard InChI is InChI=1S/C7H9NO.HNO3/c1-5-3-7(9)4-6(2)8-5;2-1(3)4/h3H,4H2,1-2H3;(H,2,3,4). The summed E-state index contributed by atoms with van der Waals surface area (Å²) in [6.45, 7) is 3.70. The summed E-state index contributed by atoms with van der Waals surface area (Å²) in [7, 11) is 0. The third-order valence-electron chi connectivity index (χ3n) is 1.17. The molecule has 0 aromatic rings. The lowest BCUT2D eigenvalue weighted by molar-refractivity contribution is -0.742. The first-order valence-corrected chi connectivity index (χ1v) is 3.50. The molecule has 1 rings (SSSR count). The van der Waals surface area contributed by atoms with Crippen LogP contribution >= 0.6 is 0 Å². The number of allylic oxidation sites excluding steroid dienone is 2. The molecule has 1 aliphatic heterocycles. The van der Waals surface area contributed by atoms with Gasteiger partial charge in [0.05, 0.1) is 0 Å². The van der Waals surface area contributed by atoms with Gasteiger partial charge in [-0.1, -0.05) is 0 Å². The SMILES string of the molecule is CC1=CC(=O)CC(C)=N1.O=[N+]([O-])O. The average molecular weight is 186 g/mol. The van der Waals surface area contributed by atoms with Gasteiger partial charge < -0.3 is 5.21 Å². The Labute approximate surface area is 74.7 Å². The molecule has 1 aliphatic rings. The van der Waals surface area contributed by atoms with Gasteiger partial charge in [-0.15, -0.1) is 10.1 Å². The Hall–Kier alpha value is -1.72. The van der Waals surface area contributed by atoms with Gasteiger partial charge in [-0.05, 0) is 13.8 Å². The molecular weight excluding hydrogens is 176 g/mol. The number of nitrogens with zero attached hydrogens (tertiary/aromatic N) is 2. The smallest absolute Gasteiger partial charge is 0.291 e. The van der Waals surface area contributed by atoms with Crippen LogP contribution in [0.15, 0.2) is 16.8 Å². The van der Waals surface area contributed by atoms with Gasteiger partial charge in [0.1, 0.15) is 0 Å². The third-order valence-corrected chi connectivity index (χ3v) is 1.17. The van der Waals surface area contributed by atoms with Crippen molar-refractivity contribution in [2.75, 3.05) is 0 Å². The normalized spacial score (nSPS) is 15.1. The van der Waals surface area contributed by atoms with Gasteiger partial charge in [0, 0.05) is 23.9 Å². The zero-order valence-electron chi connectivity index (χ0n) is 7.35. The fraction of sp³-hybridized carbons (Fsp3) is 0.429. The minimum atomic E-state index is -1.50. The molecule has 0 amide bonds. The number of hydrogen-bond donors (Lipinski definition) is 1. The molecule has 0 saturated carbocycles. The minimum Gasteiger partial charge on any atom is -0.328 e. The van der Waals surface area contributed by atoms with E-state index >= 15 is 0 Å². The van der Waals surface area contributed by atoms with E-state index in [-0.39, 0.29) is 5.78 Å². The fourth-order valence-electron chi connectivity index (χ4n) is 0.909. The first-order valence-electron chi connectivity index (χ1n) is 3.50. The number of carbonyl (C=O) groups is 1. The van der Waals surface area contributed by atoms with Crippen LogP contribution in [0.3, 0.4) is 0 Å². The molecule has 0 radical (unpaired) electrons. The minimum absolute atomic E-state index is 0.167. The molecule has 0 aromatic carbocycles. The second-order valence-electron chi connectivity index (χ2n) is 2.51. The van der Waals surface area contributed by atoms with E-state index in [1.165, 1.54) is 0 Å². The van der Waals surface area contributed by atoms with E-state index in [0.29, 0.717) is 6.42 Å². The summed E-state index contributed by atoms with van der Waals surface area (Å²) in [5, 5.41) is 13.6. The van der Waals surface area contributed by atoms with Crippen molar-refractivity contribution >= 4 is 11.5 Å².